The van der Waals surface area contributed by atoms with E-state index in [1.54, 1.807) is 12.1 Å². The van der Waals surface area contributed by atoms with Crippen molar-refractivity contribution in [2.45, 2.75) is 25.2 Å². The van der Waals surface area contributed by atoms with Crippen LogP contribution in [0.15, 0.2) is 54.6 Å². The molecule has 134 valence electrons. The molecule has 0 aliphatic heterocycles. The number of aliphatic hydroxyl groups is 2. The summed E-state index contributed by atoms with van der Waals surface area (Å²) >= 11 is 0. The minimum atomic E-state index is -1.15. The van der Waals surface area contributed by atoms with Gasteiger partial charge in [0.25, 0.3) is 0 Å². The van der Waals surface area contributed by atoms with Crippen LogP contribution in [0.25, 0.3) is 0 Å². The van der Waals surface area contributed by atoms with Gasteiger partial charge in [-0.1, -0.05) is 54.6 Å². The van der Waals surface area contributed by atoms with Crippen LogP contribution in [0.2, 0.25) is 0 Å². The van der Waals surface area contributed by atoms with Gasteiger partial charge in [0.2, 0.25) is 0 Å². The molecule has 2 aromatic rings. The maximum Gasteiger partial charge on any atom is 0.407 e. The first-order valence-corrected chi connectivity index (χ1v) is 8.20. The highest BCUT2D eigenvalue weighted by atomic mass is 16.5. The molecule has 0 bridgehead atoms. The smallest absolute Gasteiger partial charge is 0.407 e. The monoisotopic (exact) mass is 344 g/mol. The number of ether oxygens (including phenoxy) is 1. The van der Waals surface area contributed by atoms with Crippen molar-refractivity contribution in [3.63, 3.8) is 0 Å². The van der Waals surface area contributed by atoms with Crippen LogP contribution in [0.5, 0.6) is 0 Å². The Morgan fingerprint density at radius 1 is 1.08 bits per heavy atom. The van der Waals surface area contributed by atoms with E-state index in [0.29, 0.717) is 18.5 Å². The molecule has 2 rings (SSSR count). The number of carbonyl (C=O) groups is 1. The summed E-state index contributed by atoms with van der Waals surface area (Å²) in [7, 11) is 0. The Hall–Kier alpha value is -2.41. The molecule has 25 heavy (non-hydrogen) atoms. The van der Waals surface area contributed by atoms with Crippen LogP contribution in [0, 0.1) is 0 Å². The number of nitrogens with two attached hydrogens (primary N) is 1. The summed E-state index contributed by atoms with van der Waals surface area (Å²) in [5.41, 5.74) is 7.93. The summed E-state index contributed by atoms with van der Waals surface area (Å²) in [6.45, 7) is 0.473. The van der Waals surface area contributed by atoms with E-state index >= 15 is 0 Å². The van der Waals surface area contributed by atoms with Crippen LogP contribution in [-0.2, 0) is 17.8 Å². The molecule has 5 N–H and O–H groups in total. The van der Waals surface area contributed by atoms with Gasteiger partial charge in [-0.25, -0.2) is 4.79 Å². The summed E-state index contributed by atoms with van der Waals surface area (Å²) in [4.78, 5) is 11.7. The van der Waals surface area contributed by atoms with Gasteiger partial charge in [0, 0.05) is 6.54 Å². The van der Waals surface area contributed by atoms with Crippen molar-refractivity contribution in [2.24, 2.45) is 5.73 Å². The number of benzene rings is 2. The van der Waals surface area contributed by atoms with Gasteiger partial charge in [-0.15, -0.1) is 0 Å². The second-order valence-corrected chi connectivity index (χ2v) is 5.69. The third-order valence-electron chi connectivity index (χ3n) is 3.82. The topological polar surface area (TPSA) is 105 Å². The SMILES string of the molecule is NCCc1ccccc1C(O)C(O)CNC(=O)OCc1ccccc1. The van der Waals surface area contributed by atoms with Gasteiger partial charge in [-0.2, -0.15) is 0 Å². The maximum atomic E-state index is 11.7. The average Bonchev–Trinajstić information content (AvgIpc) is 2.65. The van der Waals surface area contributed by atoms with Gasteiger partial charge < -0.3 is 26.0 Å². The quantitative estimate of drug-likeness (QED) is 0.581. The molecule has 2 unspecified atom stereocenters. The Labute approximate surface area is 147 Å². The largest absolute Gasteiger partial charge is 0.445 e. The first kappa shape index (κ1) is 18.9. The van der Waals surface area contributed by atoms with Gasteiger partial charge in [0.1, 0.15) is 18.8 Å². The number of rotatable bonds is 8. The third-order valence-corrected chi connectivity index (χ3v) is 3.82. The Bertz CT molecular complexity index is 663. The van der Waals surface area contributed by atoms with E-state index in [1.807, 2.05) is 42.5 Å². The minimum Gasteiger partial charge on any atom is -0.445 e. The van der Waals surface area contributed by atoms with E-state index in [1.165, 1.54) is 0 Å². The molecule has 0 aromatic heterocycles. The van der Waals surface area contributed by atoms with Crippen LogP contribution in [-0.4, -0.2) is 35.5 Å². The minimum absolute atomic E-state index is 0.119. The normalized spacial score (nSPS) is 13.1. The molecule has 0 radical (unpaired) electrons. The number of carbonyl (C=O) groups excluding carboxylic acids is 1. The van der Waals surface area contributed by atoms with Crippen LogP contribution in [0.4, 0.5) is 4.79 Å². The lowest BCUT2D eigenvalue weighted by Gasteiger charge is -2.21. The van der Waals surface area contributed by atoms with E-state index in [2.05, 4.69) is 5.32 Å². The number of hydrogen-bond donors (Lipinski definition) is 4. The van der Waals surface area contributed by atoms with E-state index in [9.17, 15) is 15.0 Å². The molecule has 0 heterocycles. The van der Waals surface area contributed by atoms with E-state index in [-0.39, 0.29) is 13.2 Å². The van der Waals surface area contributed by atoms with Crippen molar-refractivity contribution < 1.29 is 19.7 Å². The summed E-state index contributed by atoms with van der Waals surface area (Å²) in [6.07, 6.45) is -2.31. The second kappa shape index (κ2) is 9.78. The fraction of sp³-hybridized carbons (Fsp3) is 0.316. The zero-order chi connectivity index (χ0) is 18.1. The van der Waals surface area contributed by atoms with Crippen molar-refractivity contribution in [3.05, 3.63) is 71.3 Å². The highest BCUT2D eigenvalue weighted by Crippen LogP contribution is 2.21. The van der Waals surface area contributed by atoms with Crippen LogP contribution in [0.3, 0.4) is 0 Å². The molecule has 0 spiro atoms. The van der Waals surface area contributed by atoms with Crippen molar-refractivity contribution in [2.75, 3.05) is 13.1 Å². The van der Waals surface area contributed by atoms with Gasteiger partial charge in [0.15, 0.2) is 0 Å². The molecule has 1 amide bonds. The zero-order valence-corrected chi connectivity index (χ0v) is 14.0. The van der Waals surface area contributed by atoms with Gasteiger partial charge in [0.05, 0.1) is 0 Å². The Kier molecular flexibility index (Phi) is 7.40. The van der Waals surface area contributed by atoms with Crippen molar-refractivity contribution in [1.29, 1.82) is 0 Å². The molecule has 2 aromatic carbocycles. The lowest BCUT2D eigenvalue weighted by molar-refractivity contribution is 0.0179. The van der Waals surface area contributed by atoms with E-state index in [4.69, 9.17) is 10.5 Å². The van der Waals surface area contributed by atoms with Crippen LogP contribution >= 0.6 is 0 Å². The predicted molar refractivity (Wildman–Crippen MR) is 94.8 cm³/mol. The molecule has 6 heteroatoms. The predicted octanol–water partition coefficient (Wildman–Crippen LogP) is 1.51. The highest BCUT2D eigenvalue weighted by molar-refractivity contribution is 5.67. The summed E-state index contributed by atoms with van der Waals surface area (Å²) in [6, 6.07) is 16.5. The summed E-state index contributed by atoms with van der Waals surface area (Å²) < 4.78 is 5.07. The Morgan fingerprint density at radius 3 is 2.48 bits per heavy atom. The molecular formula is C19H24N2O4. The maximum absolute atomic E-state index is 11.7. The molecule has 0 aliphatic carbocycles. The molecule has 6 nitrogen and oxygen atoms in total. The summed E-state index contributed by atoms with van der Waals surface area (Å²) in [5, 5.41) is 22.9. The van der Waals surface area contributed by atoms with E-state index < -0.39 is 18.3 Å². The molecule has 0 saturated carbocycles. The molecule has 0 fully saturated rings. The number of amides is 1. The van der Waals surface area contributed by atoms with Gasteiger partial charge >= 0.3 is 6.09 Å². The molecular weight excluding hydrogens is 320 g/mol. The number of aliphatic hydroxyl groups excluding tert-OH is 2. The van der Waals surface area contributed by atoms with Gasteiger partial charge in [-0.3, -0.25) is 0 Å². The molecule has 0 saturated heterocycles. The number of hydrogen-bond acceptors (Lipinski definition) is 5. The van der Waals surface area contributed by atoms with Crippen molar-refractivity contribution in [3.8, 4) is 0 Å². The van der Waals surface area contributed by atoms with Crippen molar-refractivity contribution >= 4 is 6.09 Å². The lowest BCUT2D eigenvalue weighted by atomic mass is 9.96. The van der Waals surface area contributed by atoms with E-state index in [0.717, 1.165) is 11.1 Å². The fourth-order valence-electron chi connectivity index (χ4n) is 2.49. The van der Waals surface area contributed by atoms with Crippen LogP contribution < -0.4 is 11.1 Å². The number of nitrogens with one attached hydrogen (secondary N) is 1. The Morgan fingerprint density at radius 2 is 1.76 bits per heavy atom. The fourth-order valence-corrected chi connectivity index (χ4v) is 2.49. The standard InChI is InChI=1S/C19H24N2O4/c20-11-10-15-8-4-5-9-16(15)18(23)17(22)12-21-19(24)25-13-14-6-2-1-3-7-14/h1-9,17-18,22-23H,10-13,20H2,(H,21,24). The first-order valence-electron chi connectivity index (χ1n) is 8.20. The van der Waals surface area contributed by atoms with Crippen molar-refractivity contribution in [1.82, 2.24) is 5.32 Å². The summed E-state index contributed by atoms with van der Waals surface area (Å²) in [5.74, 6) is 0. The number of alkyl carbamates (subject to hydrolysis) is 1. The molecule has 2 atom stereocenters. The zero-order valence-electron chi connectivity index (χ0n) is 14.0. The third kappa shape index (κ3) is 5.86. The Balaban J connectivity index is 1.83. The second-order valence-electron chi connectivity index (χ2n) is 5.69. The van der Waals surface area contributed by atoms with Gasteiger partial charge in [-0.05, 0) is 29.7 Å². The lowest BCUT2D eigenvalue weighted by Crippen LogP contribution is -2.36. The average molecular weight is 344 g/mol. The van der Waals surface area contributed by atoms with Crippen LogP contribution in [0.1, 0.15) is 22.8 Å². The first-order chi connectivity index (χ1) is 12.1. The molecule has 0 aliphatic rings. The highest BCUT2D eigenvalue weighted by Gasteiger charge is 2.21.